The lowest BCUT2D eigenvalue weighted by Gasteiger charge is -2.17. The van der Waals surface area contributed by atoms with E-state index >= 15 is 0 Å². The zero-order valence-corrected chi connectivity index (χ0v) is 12.3. The molecule has 0 saturated carbocycles. The molecule has 0 aliphatic carbocycles. The SMILES string of the molecule is Cc1cnc(N2CC(CS(=O)(=O)Cl)CC2=O)c(C)c1. The maximum absolute atomic E-state index is 12.0. The highest BCUT2D eigenvalue weighted by molar-refractivity contribution is 8.13. The van der Waals surface area contributed by atoms with Gasteiger partial charge in [0.25, 0.3) is 0 Å². The molecule has 1 fully saturated rings. The largest absolute Gasteiger partial charge is 0.296 e. The quantitative estimate of drug-likeness (QED) is 0.796. The van der Waals surface area contributed by atoms with Gasteiger partial charge in [0.05, 0.1) is 5.75 Å². The van der Waals surface area contributed by atoms with Crippen LogP contribution in [-0.4, -0.2) is 31.6 Å². The van der Waals surface area contributed by atoms with E-state index in [2.05, 4.69) is 4.98 Å². The molecule has 1 amide bonds. The summed E-state index contributed by atoms with van der Waals surface area (Å²) in [5, 5.41) is 0. The molecule has 104 valence electrons. The number of anilines is 1. The highest BCUT2D eigenvalue weighted by Gasteiger charge is 2.34. The Morgan fingerprint density at radius 3 is 2.74 bits per heavy atom. The Hall–Kier alpha value is -1.14. The van der Waals surface area contributed by atoms with Crippen molar-refractivity contribution in [2.45, 2.75) is 20.3 Å². The number of nitrogens with zero attached hydrogens (tertiary/aromatic N) is 2. The smallest absolute Gasteiger partial charge is 0.232 e. The van der Waals surface area contributed by atoms with Gasteiger partial charge < -0.3 is 0 Å². The number of pyridine rings is 1. The van der Waals surface area contributed by atoms with Gasteiger partial charge in [0, 0.05) is 35.8 Å². The maximum atomic E-state index is 12.0. The molecule has 1 aliphatic heterocycles. The van der Waals surface area contributed by atoms with Crippen LogP contribution in [0.2, 0.25) is 0 Å². The van der Waals surface area contributed by atoms with Gasteiger partial charge >= 0.3 is 0 Å². The van der Waals surface area contributed by atoms with Crippen molar-refractivity contribution in [1.82, 2.24) is 4.98 Å². The van der Waals surface area contributed by atoms with E-state index in [-0.39, 0.29) is 24.0 Å². The highest BCUT2D eigenvalue weighted by Crippen LogP contribution is 2.27. The van der Waals surface area contributed by atoms with Crippen LogP contribution in [0.1, 0.15) is 17.5 Å². The van der Waals surface area contributed by atoms with Gasteiger partial charge in [-0.25, -0.2) is 13.4 Å². The van der Waals surface area contributed by atoms with Crippen LogP contribution in [0, 0.1) is 19.8 Å². The van der Waals surface area contributed by atoms with Crippen molar-refractivity contribution < 1.29 is 13.2 Å². The van der Waals surface area contributed by atoms with E-state index in [0.717, 1.165) is 11.1 Å². The van der Waals surface area contributed by atoms with Crippen molar-refractivity contribution >= 4 is 31.5 Å². The Morgan fingerprint density at radius 2 is 2.16 bits per heavy atom. The minimum atomic E-state index is -3.58. The van der Waals surface area contributed by atoms with Gasteiger partial charge in [0.15, 0.2) is 0 Å². The molecule has 1 unspecified atom stereocenters. The van der Waals surface area contributed by atoms with E-state index in [1.807, 2.05) is 19.9 Å². The summed E-state index contributed by atoms with van der Waals surface area (Å²) in [5.74, 6) is 0.0502. The summed E-state index contributed by atoms with van der Waals surface area (Å²) in [6.45, 7) is 4.16. The first kappa shape index (κ1) is 14.3. The van der Waals surface area contributed by atoms with Gasteiger partial charge in [-0.1, -0.05) is 6.07 Å². The normalized spacial score (nSPS) is 20.1. The molecule has 1 aliphatic rings. The van der Waals surface area contributed by atoms with Crippen LogP contribution in [0.4, 0.5) is 5.82 Å². The predicted molar refractivity (Wildman–Crippen MR) is 73.8 cm³/mol. The first-order valence-electron chi connectivity index (χ1n) is 5.92. The number of halogens is 1. The van der Waals surface area contributed by atoms with Crippen molar-refractivity contribution in [3.8, 4) is 0 Å². The summed E-state index contributed by atoms with van der Waals surface area (Å²) in [4.78, 5) is 17.8. The van der Waals surface area contributed by atoms with E-state index < -0.39 is 9.05 Å². The second-order valence-electron chi connectivity index (χ2n) is 4.93. The molecule has 0 spiro atoms. The molecule has 1 atom stereocenters. The van der Waals surface area contributed by atoms with Crippen molar-refractivity contribution in [2.75, 3.05) is 17.2 Å². The van der Waals surface area contributed by atoms with Crippen molar-refractivity contribution in [3.05, 3.63) is 23.4 Å². The monoisotopic (exact) mass is 302 g/mol. The zero-order chi connectivity index (χ0) is 14.2. The van der Waals surface area contributed by atoms with Gasteiger partial charge in [0.2, 0.25) is 15.0 Å². The maximum Gasteiger partial charge on any atom is 0.232 e. The topological polar surface area (TPSA) is 67.3 Å². The Labute approximate surface area is 117 Å². The van der Waals surface area contributed by atoms with Crippen LogP contribution in [0.3, 0.4) is 0 Å². The van der Waals surface area contributed by atoms with E-state index in [0.29, 0.717) is 12.4 Å². The van der Waals surface area contributed by atoms with E-state index in [9.17, 15) is 13.2 Å². The Morgan fingerprint density at radius 1 is 1.47 bits per heavy atom. The first-order valence-corrected chi connectivity index (χ1v) is 8.40. The van der Waals surface area contributed by atoms with Crippen LogP contribution < -0.4 is 4.90 Å². The number of aryl methyl sites for hydroxylation is 2. The van der Waals surface area contributed by atoms with Gasteiger partial charge in [-0.3, -0.25) is 9.69 Å². The molecule has 1 aromatic heterocycles. The zero-order valence-electron chi connectivity index (χ0n) is 10.8. The molecule has 19 heavy (non-hydrogen) atoms. The fourth-order valence-electron chi connectivity index (χ4n) is 2.37. The highest BCUT2D eigenvalue weighted by atomic mass is 35.7. The lowest BCUT2D eigenvalue weighted by Crippen LogP contribution is -2.27. The first-order chi connectivity index (χ1) is 8.76. The average molecular weight is 303 g/mol. The molecule has 0 N–H and O–H groups in total. The van der Waals surface area contributed by atoms with E-state index in [1.54, 1.807) is 11.1 Å². The number of carbonyl (C=O) groups excluding carboxylic acids is 1. The molecule has 0 bridgehead atoms. The van der Waals surface area contributed by atoms with Gasteiger partial charge in [-0.2, -0.15) is 0 Å². The molecule has 0 radical (unpaired) electrons. The van der Waals surface area contributed by atoms with Gasteiger partial charge in [-0.15, -0.1) is 0 Å². The molecule has 5 nitrogen and oxygen atoms in total. The number of rotatable bonds is 3. The van der Waals surface area contributed by atoms with Crippen molar-refractivity contribution in [1.29, 1.82) is 0 Å². The van der Waals surface area contributed by atoms with Crippen LogP contribution in [-0.2, 0) is 13.8 Å². The average Bonchev–Trinajstić information content (AvgIpc) is 2.56. The van der Waals surface area contributed by atoms with Crippen LogP contribution in [0.5, 0.6) is 0 Å². The van der Waals surface area contributed by atoms with Crippen LogP contribution in [0.25, 0.3) is 0 Å². The number of carbonyl (C=O) groups is 1. The Bertz CT molecular complexity index is 615. The minimum absolute atomic E-state index is 0.107. The van der Waals surface area contributed by atoms with Crippen molar-refractivity contribution in [3.63, 3.8) is 0 Å². The second kappa shape index (κ2) is 5.09. The number of hydrogen-bond acceptors (Lipinski definition) is 4. The summed E-state index contributed by atoms with van der Waals surface area (Å²) in [5.41, 5.74) is 1.93. The summed E-state index contributed by atoms with van der Waals surface area (Å²) >= 11 is 0. The fraction of sp³-hybridized carbons (Fsp3) is 0.500. The minimum Gasteiger partial charge on any atom is -0.296 e. The Balaban J connectivity index is 2.20. The molecule has 0 aromatic carbocycles. The third-order valence-corrected chi connectivity index (χ3v) is 4.33. The summed E-state index contributed by atoms with van der Waals surface area (Å²) in [6, 6.07) is 1.95. The third-order valence-electron chi connectivity index (χ3n) is 3.08. The summed E-state index contributed by atoms with van der Waals surface area (Å²) in [6.07, 6.45) is 1.89. The fourth-order valence-corrected chi connectivity index (χ4v) is 3.69. The lowest BCUT2D eigenvalue weighted by molar-refractivity contribution is -0.117. The third kappa shape index (κ3) is 3.45. The molecule has 1 saturated heterocycles. The van der Waals surface area contributed by atoms with Crippen LogP contribution in [0.15, 0.2) is 12.3 Å². The molecule has 2 heterocycles. The number of aromatic nitrogens is 1. The molecule has 2 rings (SSSR count). The van der Waals surface area contributed by atoms with Gasteiger partial charge in [0.1, 0.15) is 5.82 Å². The van der Waals surface area contributed by atoms with E-state index in [1.165, 1.54) is 0 Å². The molecule has 1 aromatic rings. The molecular weight excluding hydrogens is 288 g/mol. The summed E-state index contributed by atoms with van der Waals surface area (Å²) < 4.78 is 22.1. The summed E-state index contributed by atoms with van der Waals surface area (Å²) in [7, 11) is 1.65. The predicted octanol–water partition coefficient (Wildman–Crippen LogP) is 1.62. The molecule has 7 heteroatoms. The standard InChI is InChI=1S/C12H15ClN2O3S/c1-8-3-9(2)12(14-5-8)15-6-10(4-11(15)16)7-19(13,17)18/h3,5,10H,4,6-7H2,1-2H3. The second-order valence-corrected chi connectivity index (χ2v) is 7.75. The van der Waals surface area contributed by atoms with E-state index in [4.69, 9.17) is 10.7 Å². The number of amides is 1. The van der Waals surface area contributed by atoms with Gasteiger partial charge in [-0.05, 0) is 25.0 Å². The van der Waals surface area contributed by atoms with Crippen molar-refractivity contribution in [2.24, 2.45) is 5.92 Å². The van der Waals surface area contributed by atoms with Crippen LogP contribution >= 0.6 is 10.7 Å². The molecular formula is C12H15ClN2O3S. The lowest BCUT2D eigenvalue weighted by atomic mass is 10.1. The number of hydrogen-bond donors (Lipinski definition) is 0. The Kier molecular flexibility index (Phi) is 3.82.